The first-order chi connectivity index (χ1) is 10.8. The first kappa shape index (κ1) is 13.6. The maximum atomic E-state index is 5.96. The molecule has 1 fully saturated rings. The lowest BCUT2D eigenvalue weighted by molar-refractivity contribution is 1.14. The molecule has 0 N–H and O–H groups in total. The van der Waals surface area contributed by atoms with Crippen LogP contribution >= 0.6 is 11.6 Å². The van der Waals surface area contributed by atoms with Gasteiger partial charge in [-0.15, -0.1) is 0 Å². The molecule has 0 bridgehead atoms. The zero-order valence-corrected chi connectivity index (χ0v) is 12.9. The summed E-state index contributed by atoms with van der Waals surface area (Å²) < 4.78 is 0. The Hall–Kier alpha value is -2.05. The third-order valence-corrected chi connectivity index (χ3v) is 4.57. The van der Waals surface area contributed by atoms with Crippen LogP contribution < -0.4 is 0 Å². The standard InChI is InChI=1S/C21H16Cl/c22-19-12-10-18(11-13-19)21-14-20(21)17-8-6-16(7-9-17)15-4-2-1-3-5-15/h1-13,20H,14H2. The number of halogens is 1. The van der Waals surface area contributed by atoms with Crippen LogP contribution in [0, 0.1) is 5.92 Å². The van der Waals surface area contributed by atoms with E-state index >= 15 is 0 Å². The molecule has 1 atom stereocenters. The van der Waals surface area contributed by atoms with Crippen LogP contribution in [0.1, 0.15) is 23.5 Å². The zero-order chi connectivity index (χ0) is 14.9. The summed E-state index contributed by atoms with van der Waals surface area (Å²) in [5.41, 5.74) is 5.27. The topological polar surface area (TPSA) is 0 Å². The average molecular weight is 304 g/mol. The second-order valence-corrected chi connectivity index (χ2v) is 6.21. The maximum Gasteiger partial charge on any atom is 0.0406 e. The minimum absolute atomic E-state index is 0.575. The molecule has 3 aromatic rings. The molecule has 3 aromatic carbocycles. The molecule has 1 heteroatoms. The van der Waals surface area contributed by atoms with Crippen LogP contribution in [0.4, 0.5) is 0 Å². The van der Waals surface area contributed by atoms with E-state index in [0.717, 1.165) is 11.4 Å². The minimum Gasteiger partial charge on any atom is -0.0843 e. The Kier molecular flexibility index (Phi) is 3.48. The van der Waals surface area contributed by atoms with E-state index < -0.39 is 0 Å². The smallest absolute Gasteiger partial charge is 0.0406 e. The number of benzene rings is 3. The van der Waals surface area contributed by atoms with Gasteiger partial charge in [0.25, 0.3) is 0 Å². The van der Waals surface area contributed by atoms with Gasteiger partial charge in [-0.05, 0) is 46.7 Å². The Morgan fingerprint density at radius 1 is 0.636 bits per heavy atom. The van der Waals surface area contributed by atoms with E-state index in [1.807, 2.05) is 12.1 Å². The summed E-state index contributed by atoms with van der Waals surface area (Å²) in [7, 11) is 0. The van der Waals surface area contributed by atoms with Gasteiger partial charge in [0.1, 0.15) is 0 Å². The third-order valence-electron chi connectivity index (χ3n) is 4.32. The number of rotatable bonds is 3. The summed E-state index contributed by atoms with van der Waals surface area (Å²) in [5.74, 6) is 2.09. The van der Waals surface area contributed by atoms with Crippen LogP contribution in [0.2, 0.25) is 5.02 Å². The highest BCUT2D eigenvalue weighted by molar-refractivity contribution is 6.30. The predicted molar refractivity (Wildman–Crippen MR) is 93.0 cm³/mol. The Balaban J connectivity index is 1.52. The normalized spacial score (nSPS) is 17.4. The van der Waals surface area contributed by atoms with E-state index in [2.05, 4.69) is 66.7 Å². The van der Waals surface area contributed by atoms with Gasteiger partial charge in [0.05, 0.1) is 0 Å². The molecule has 1 radical (unpaired) electrons. The molecule has 0 amide bonds. The maximum absolute atomic E-state index is 5.96. The van der Waals surface area contributed by atoms with Crippen molar-refractivity contribution in [3.05, 3.63) is 101 Å². The third kappa shape index (κ3) is 2.67. The monoisotopic (exact) mass is 303 g/mol. The molecule has 1 saturated carbocycles. The van der Waals surface area contributed by atoms with Crippen molar-refractivity contribution in [3.63, 3.8) is 0 Å². The van der Waals surface area contributed by atoms with Gasteiger partial charge in [0.2, 0.25) is 0 Å². The lowest BCUT2D eigenvalue weighted by Crippen LogP contribution is -1.85. The Bertz CT molecular complexity index is 757. The molecule has 0 saturated heterocycles. The van der Waals surface area contributed by atoms with Gasteiger partial charge >= 0.3 is 0 Å². The molecule has 1 aliphatic carbocycles. The Morgan fingerprint density at radius 2 is 1.23 bits per heavy atom. The molecule has 107 valence electrons. The van der Waals surface area contributed by atoms with Crippen molar-refractivity contribution in [1.29, 1.82) is 0 Å². The average Bonchev–Trinajstić information content (AvgIpc) is 3.37. The summed E-state index contributed by atoms with van der Waals surface area (Å²) in [6.07, 6.45) is 1.16. The molecule has 0 heterocycles. The fraction of sp³-hybridized carbons (Fsp3) is 0.0952. The summed E-state index contributed by atoms with van der Waals surface area (Å²) in [6, 6.07) is 27.7. The molecule has 0 spiro atoms. The molecule has 4 rings (SSSR count). The van der Waals surface area contributed by atoms with Crippen LogP contribution in [-0.4, -0.2) is 0 Å². The van der Waals surface area contributed by atoms with E-state index in [0.29, 0.717) is 5.92 Å². The highest BCUT2D eigenvalue weighted by Gasteiger charge is 2.40. The van der Waals surface area contributed by atoms with Crippen molar-refractivity contribution in [3.8, 4) is 11.1 Å². The summed E-state index contributed by atoms with van der Waals surface area (Å²) >= 11 is 5.96. The SMILES string of the molecule is Clc1ccc([C]2CC2c2ccc(-c3ccccc3)cc2)cc1. The lowest BCUT2D eigenvalue weighted by Gasteiger charge is -2.05. The number of hydrogen-bond acceptors (Lipinski definition) is 0. The van der Waals surface area contributed by atoms with E-state index in [1.165, 1.54) is 28.2 Å². The van der Waals surface area contributed by atoms with Crippen LogP contribution in [-0.2, 0) is 0 Å². The highest BCUT2D eigenvalue weighted by atomic mass is 35.5. The van der Waals surface area contributed by atoms with Crippen molar-refractivity contribution in [2.45, 2.75) is 12.3 Å². The molecule has 0 nitrogen and oxygen atoms in total. The van der Waals surface area contributed by atoms with Crippen molar-refractivity contribution < 1.29 is 0 Å². The van der Waals surface area contributed by atoms with Gasteiger partial charge in [0, 0.05) is 10.9 Å². The fourth-order valence-corrected chi connectivity index (χ4v) is 3.13. The molecule has 0 aromatic heterocycles. The van der Waals surface area contributed by atoms with Crippen LogP contribution in [0.25, 0.3) is 11.1 Å². The van der Waals surface area contributed by atoms with E-state index in [1.54, 1.807) is 0 Å². The van der Waals surface area contributed by atoms with Crippen LogP contribution in [0.5, 0.6) is 0 Å². The fourth-order valence-electron chi connectivity index (χ4n) is 3.00. The van der Waals surface area contributed by atoms with Crippen LogP contribution in [0.3, 0.4) is 0 Å². The molecule has 1 unspecified atom stereocenters. The summed E-state index contributed by atoms with van der Waals surface area (Å²) in [5, 5.41) is 0.800. The van der Waals surface area contributed by atoms with Gasteiger partial charge in [-0.3, -0.25) is 0 Å². The van der Waals surface area contributed by atoms with Crippen molar-refractivity contribution in [2.24, 2.45) is 0 Å². The molecule has 1 aliphatic rings. The van der Waals surface area contributed by atoms with Gasteiger partial charge in [-0.1, -0.05) is 78.3 Å². The van der Waals surface area contributed by atoms with Crippen molar-refractivity contribution in [1.82, 2.24) is 0 Å². The van der Waals surface area contributed by atoms with E-state index in [4.69, 9.17) is 11.6 Å². The quantitative estimate of drug-likeness (QED) is 0.547. The van der Waals surface area contributed by atoms with E-state index in [-0.39, 0.29) is 0 Å². The largest absolute Gasteiger partial charge is 0.0843 e. The van der Waals surface area contributed by atoms with Crippen molar-refractivity contribution in [2.75, 3.05) is 0 Å². The summed E-state index contributed by atoms with van der Waals surface area (Å²) in [6.45, 7) is 0. The summed E-state index contributed by atoms with van der Waals surface area (Å²) in [4.78, 5) is 0. The zero-order valence-electron chi connectivity index (χ0n) is 12.2. The Morgan fingerprint density at radius 3 is 1.91 bits per heavy atom. The van der Waals surface area contributed by atoms with E-state index in [9.17, 15) is 0 Å². The molecular formula is C21H16Cl. The van der Waals surface area contributed by atoms with Gasteiger partial charge in [0.15, 0.2) is 0 Å². The highest BCUT2D eigenvalue weighted by Crippen LogP contribution is 2.53. The minimum atomic E-state index is 0.575. The Labute approximate surface area is 136 Å². The second-order valence-electron chi connectivity index (χ2n) is 5.78. The lowest BCUT2D eigenvalue weighted by atomic mass is 10.0. The second kappa shape index (κ2) is 5.62. The molecular weight excluding hydrogens is 288 g/mol. The first-order valence-corrected chi connectivity index (χ1v) is 7.96. The number of hydrogen-bond donors (Lipinski definition) is 0. The molecule has 22 heavy (non-hydrogen) atoms. The predicted octanol–water partition coefficient (Wildman–Crippen LogP) is 6.12. The van der Waals surface area contributed by atoms with Gasteiger partial charge in [-0.25, -0.2) is 0 Å². The van der Waals surface area contributed by atoms with Gasteiger partial charge < -0.3 is 0 Å². The van der Waals surface area contributed by atoms with Crippen LogP contribution in [0.15, 0.2) is 78.9 Å². The van der Waals surface area contributed by atoms with Crippen molar-refractivity contribution >= 4 is 11.6 Å². The molecule has 0 aliphatic heterocycles. The van der Waals surface area contributed by atoms with Gasteiger partial charge in [-0.2, -0.15) is 0 Å². The first-order valence-electron chi connectivity index (χ1n) is 7.58.